The topological polar surface area (TPSA) is 123 Å². The second-order valence-corrected chi connectivity index (χ2v) is 4.54. The lowest BCUT2D eigenvalue weighted by Gasteiger charge is -2.11. The van der Waals surface area contributed by atoms with E-state index in [-0.39, 0.29) is 5.82 Å². The lowest BCUT2D eigenvalue weighted by Crippen LogP contribution is -2.25. The molecule has 0 bridgehead atoms. The molecule has 2 N–H and O–H groups in total. The largest absolute Gasteiger partial charge is 0.506 e. The van der Waals surface area contributed by atoms with Crippen molar-refractivity contribution in [2.24, 2.45) is 7.05 Å². The number of benzene rings is 1. The quantitative estimate of drug-likeness (QED) is 0.652. The Hall–Kier alpha value is -3.23. The molecule has 0 spiro atoms. The van der Waals surface area contributed by atoms with Gasteiger partial charge in [0.05, 0.1) is 12.6 Å². The van der Waals surface area contributed by atoms with Crippen LogP contribution < -0.4 is 10.3 Å². The predicted molar refractivity (Wildman–Crippen MR) is 75.0 cm³/mol. The zero-order valence-electron chi connectivity index (χ0n) is 11.7. The number of nitrogens with one attached hydrogen (secondary N) is 1. The number of ketones is 1. The van der Waals surface area contributed by atoms with Crippen LogP contribution in [0.25, 0.3) is 10.9 Å². The highest BCUT2D eigenvalue weighted by Crippen LogP contribution is 2.29. The Labute approximate surface area is 123 Å². The highest BCUT2D eigenvalue weighted by molar-refractivity contribution is 6.10. The molecule has 2 aromatic heterocycles. The number of aromatic amines is 1. The molecular weight excluding hydrogens is 290 g/mol. The molecule has 3 aromatic rings. The molecule has 0 fully saturated rings. The highest BCUT2D eigenvalue weighted by atomic mass is 16.5. The standard InChI is InChI=1S/C13H11N5O4/c1-18-8-5-6(22-2)3-4-7(8)10(19)9(13(18)21)11(20)12-14-16-17-15-12/h3-5,19H,1-2H3,(H,14,15,16,17). The fourth-order valence-corrected chi connectivity index (χ4v) is 2.20. The van der Waals surface area contributed by atoms with Gasteiger partial charge in [0.2, 0.25) is 11.6 Å². The molecule has 0 aliphatic rings. The smallest absolute Gasteiger partial charge is 0.265 e. The van der Waals surface area contributed by atoms with Crippen molar-refractivity contribution in [2.45, 2.75) is 0 Å². The Balaban J connectivity index is 2.33. The monoisotopic (exact) mass is 301 g/mol. The van der Waals surface area contributed by atoms with E-state index in [4.69, 9.17) is 4.74 Å². The highest BCUT2D eigenvalue weighted by Gasteiger charge is 2.25. The molecule has 0 unspecified atom stereocenters. The van der Waals surface area contributed by atoms with Crippen LogP contribution >= 0.6 is 0 Å². The van der Waals surface area contributed by atoms with E-state index >= 15 is 0 Å². The summed E-state index contributed by atoms with van der Waals surface area (Å²) in [4.78, 5) is 24.7. The van der Waals surface area contributed by atoms with E-state index in [1.807, 2.05) is 0 Å². The number of methoxy groups -OCH3 is 1. The minimum Gasteiger partial charge on any atom is -0.506 e. The number of pyridine rings is 1. The van der Waals surface area contributed by atoms with Gasteiger partial charge in [-0.05, 0) is 17.3 Å². The second-order valence-electron chi connectivity index (χ2n) is 4.54. The van der Waals surface area contributed by atoms with Gasteiger partial charge in [-0.3, -0.25) is 9.59 Å². The van der Waals surface area contributed by atoms with Crippen LogP contribution in [0.2, 0.25) is 0 Å². The Morgan fingerprint density at radius 1 is 1.41 bits per heavy atom. The van der Waals surface area contributed by atoms with Crippen LogP contribution in [0, 0.1) is 0 Å². The van der Waals surface area contributed by atoms with E-state index in [1.54, 1.807) is 18.2 Å². The number of aromatic nitrogens is 5. The van der Waals surface area contributed by atoms with E-state index in [9.17, 15) is 14.7 Å². The zero-order chi connectivity index (χ0) is 15.9. The molecule has 112 valence electrons. The van der Waals surface area contributed by atoms with Crippen LogP contribution in [0.15, 0.2) is 23.0 Å². The third-order valence-electron chi connectivity index (χ3n) is 3.35. The third kappa shape index (κ3) is 1.91. The van der Waals surface area contributed by atoms with Crippen molar-refractivity contribution in [1.82, 2.24) is 25.2 Å². The number of ether oxygens (including phenoxy) is 1. The van der Waals surface area contributed by atoms with Crippen molar-refractivity contribution in [3.8, 4) is 11.5 Å². The van der Waals surface area contributed by atoms with Crippen molar-refractivity contribution in [3.63, 3.8) is 0 Å². The van der Waals surface area contributed by atoms with Crippen molar-refractivity contribution >= 4 is 16.7 Å². The molecule has 2 heterocycles. The first kappa shape index (κ1) is 13.7. The minimum absolute atomic E-state index is 0.291. The maximum Gasteiger partial charge on any atom is 0.265 e. The molecule has 0 saturated carbocycles. The van der Waals surface area contributed by atoms with Crippen LogP contribution in [-0.2, 0) is 7.05 Å². The number of hydrogen-bond acceptors (Lipinski definition) is 7. The molecule has 9 heteroatoms. The van der Waals surface area contributed by atoms with Crippen LogP contribution in [0.1, 0.15) is 16.2 Å². The predicted octanol–water partition coefficient (Wildman–Crippen LogP) is -0.00320. The maximum absolute atomic E-state index is 12.4. The van der Waals surface area contributed by atoms with E-state index in [2.05, 4.69) is 20.6 Å². The van der Waals surface area contributed by atoms with Crippen molar-refractivity contribution in [2.75, 3.05) is 7.11 Å². The molecule has 0 amide bonds. The van der Waals surface area contributed by atoms with Gasteiger partial charge in [0, 0.05) is 18.5 Å². The number of hydrogen-bond donors (Lipinski definition) is 2. The van der Waals surface area contributed by atoms with Crippen LogP contribution in [0.5, 0.6) is 11.5 Å². The van der Waals surface area contributed by atoms with E-state index < -0.39 is 22.7 Å². The average Bonchev–Trinajstić information content (AvgIpc) is 3.06. The fourth-order valence-electron chi connectivity index (χ4n) is 2.20. The molecule has 9 nitrogen and oxygen atoms in total. The summed E-state index contributed by atoms with van der Waals surface area (Å²) < 4.78 is 6.35. The number of tetrazole rings is 1. The lowest BCUT2D eigenvalue weighted by atomic mass is 10.1. The van der Waals surface area contributed by atoms with E-state index in [0.717, 1.165) is 0 Å². The maximum atomic E-state index is 12.4. The Morgan fingerprint density at radius 3 is 2.82 bits per heavy atom. The number of aromatic hydroxyl groups is 1. The summed E-state index contributed by atoms with van der Waals surface area (Å²) in [5, 5.41) is 23.1. The molecule has 3 rings (SSSR count). The number of aryl methyl sites for hydroxylation is 1. The second kappa shape index (κ2) is 4.95. The minimum atomic E-state index is -0.801. The number of rotatable bonds is 3. The average molecular weight is 301 g/mol. The summed E-state index contributed by atoms with van der Waals surface area (Å²) in [5.74, 6) is -0.987. The first-order valence-electron chi connectivity index (χ1n) is 6.22. The van der Waals surface area contributed by atoms with Gasteiger partial charge >= 0.3 is 0 Å². The summed E-state index contributed by atoms with van der Waals surface area (Å²) >= 11 is 0. The summed E-state index contributed by atoms with van der Waals surface area (Å²) in [5.41, 5.74) is -0.624. The Morgan fingerprint density at radius 2 is 2.18 bits per heavy atom. The molecular formula is C13H11N5O4. The first-order chi connectivity index (χ1) is 10.5. The van der Waals surface area contributed by atoms with E-state index in [0.29, 0.717) is 16.7 Å². The summed E-state index contributed by atoms with van der Waals surface area (Å²) in [7, 11) is 2.99. The number of nitrogens with zero attached hydrogens (tertiary/aromatic N) is 4. The van der Waals surface area contributed by atoms with Gasteiger partial charge in [-0.1, -0.05) is 0 Å². The molecule has 0 saturated heterocycles. The molecule has 0 aliphatic heterocycles. The number of fused-ring (bicyclic) bond motifs is 1. The molecule has 0 radical (unpaired) electrons. The Kier molecular flexibility index (Phi) is 3.09. The normalized spacial score (nSPS) is 10.8. The third-order valence-corrected chi connectivity index (χ3v) is 3.35. The summed E-state index contributed by atoms with van der Waals surface area (Å²) in [6.45, 7) is 0. The number of carbonyl (C=O) groups is 1. The van der Waals surface area contributed by atoms with Crippen molar-refractivity contribution in [3.05, 3.63) is 39.9 Å². The van der Waals surface area contributed by atoms with Gasteiger partial charge in [0.1, 0.15) is 17.1 Å². The number of carbonyl (C=O) groups excluding carboxylic acids is 1. The Bertz CT molecular complexity index is 930. The fraction of sp³-hybridized carbons (Fsp3) is 0.154. The van der Waals surface area contributed by atoms with Gasteiger partial charge < -0.3 is 14.4 Å². The van der Waals surface area contributed by atoms with Crippen molar-refractivity contribution in [1.29, 1.82) is 0 Å². The van der Waals surface area contributed by atoms with Gasteiger partial charge in [-0.2, -0.15) is 5.21 Å². The zero-order valence-corrected chi connectivity index (χ0v) is 11.7. The van der Waals surface area contributed by atoms with Crippen LogP contribution in [0.3, 0.4) is 0 Å². The number of H-pyrrole nitrogens is 1. The molecule has 0 aliphatic carbocycles. The first-order valence-corrected chi connectivity index (χ1v) is 6.22. The van der Waals surface area contributed by atoms with E-state index in [1.165, 1.54) is 18.7 Å². The van der Waals surface area contributed by atoms with Crippen LogP contribution in [-0.4, -0.2) is 43.2 Å². The van der Waals surface area contributed by atoms with Crippen LogP contribution in [0.4, 0.5) is 0 Å². The molecule has 1 aromatic carbocycles. The summed E-state index contributed by atoms with van der Waals surface area (Å²) in [6.07, 6.45) is 0. The molecule has 0 atom stereocenters. The molecule has 22 heavy (non-hydrogen) atoms. The van der Waals surface area contributed by atoms with Gasteiger partial charge in [-0.15, -0.1) is 10.2 Å². The SMILES string of the molecule is COc1ccc2c(O)c(C(=O)c3nn[nH]n3)c(=O)n(C)c2c1. The van der Waals surface area contributed by atoms with Gasteiger partial charge in [0.15, 0.2) is 0 Å². The lowest BCUT2D eigenvalue weighted by molar-refractivity contribution is 0.102. The van der Waals surface area contributed by atoms with Gasteiger partial charge in [0.25, 0.3) is 5.56 Å². The van der Waals surface area contributed by atoms with Gasteiger partial charge in [-0.25, -0.2) is 0 Å². The summed E-state index contributed by atoms with van der Waals surface area (Å²) in [6, 6.07) is 4.78. The van der Waals surface area contributed by atoms with Crippen molar-refractivity contribution < 1.29 is 14.6 Å².